The Morgan fingerprint density at radius 3 is 2.43 bits per heavy atom. The smallest absolute Gasteiger partial charge is 0.306 e. The van der Waals surface area contributed by atoms with Gasteiger partial charge in [-0.05, 0) is 85.7 Å². The first-order valence-electron chi connectivity index (χ1n) is 14.0. The normalized spacial score (nSPS) is 22.1. The molecule has 1 amide bonds. The lowest BCUT2D eigenvalue weighted by atomic mass is 9.89. The van der Waals surface area contributed by atoms with Crippen molar-refractivity contribution in [1.29, 1.82) is 0 Å². The van der Waals surface area contributed by atoms with Crippen LogP contribution in [0.5, 0.6) is 0 Å². The van der Waals surface area contributed by atoms with E-state index in [9.17, 15) is 14.7 Å². The number of ether oxygens (including phenoxy) is 1. The molecular weight excluding hydrogens is 598 g/mol. The Balaban J connectivity index is 1.61. The van der Waals surface area contributed by atoms with Gasteiger partial charge in [-0.2, -0.15) is 0 Å². The summed E-state index contributed by atoms with van der Waals surface area (Å²) in [7, 11) is 0. The van der Waals surface area contributed by atoms with Gasteiger partial charge in [0.05, 0.1) is 30.7 Å². The van der Waals surface area contributed by atoms with Crippen LogP contribution in [0, 0.1) is 5.82 Å². The number of carboxylic acid groups (broad SMARTS) is 1. The first-order valence-corrected chi connectivity index (χ1v) is 15.5. The summed E-state index contributed by atoms with van der Waals surface area (Å²) in [6, 6.07) is 20.0. The number of hydrogen-bond acceptors (Lipinski definition) is 5. The van der Waals surface area contributed by atoms with E-state index in [0.717, 1.165) is 24.0 Å². The number of carbonyl (C=O) groups is 2. The first kappa shape index (κ1) is 30.7. The zero-order chi connectivity index (χ0) is 30.0. The van der Waals surface area contributed by atoms with Crippen molar-refractivity contribution in [2.45, 2.75) is 68.6 Å². The van der Waals surface area contributed by atoms with Gasteiger partial charge in [0.1, 0.15) is 18.0 Å². The number of hydrogen-bond donors (Lipinski definition) is 1. The molecule has 1 aliphatic heterocycles. The number of aliphatic carboxylic acids is 1. The molecule has 1 saturated carbocycles. The molecule has 1 heterocycles. The number of carboxylic acids is 1. The largest absolute Gasteiger partial charge is 0.481 e. The number of halogens is 3. The average molecular weight is 632 g/mol. The molecule has 0 aromatic heterocycles. The van der Waals surface area contributed by atoms with Gasteiger partial charge in [0, 0.05) is 14.8 Å². The highest BCUT2D eigenvalue weighted by Gasteiger charge is 2.48. The maximum atomic E-state index is 15.2. The zero-order valence-electron chi connectivity index (χ0n) is 23.4. The highest BCUT2D eigenvalue weighted by atomic mass is 35.5. The molecular formula is C32H33Cl2FN2O4S. The number of morpholine rings is 1. The fraction of sp³-hybridized carbons (Fsp3) is 0.375. The molecule has 2 fully saturated rings. The van der Waals surface area contributed by atoms with Gasteiger partial charge in [0.15, 0.2) is 0 Å². The summed E-state index contributed by atoms with van der Waals surface area (Å²) < 4.78 is 23.4. The molecule has 4 atom stereocenters. The summed E-state index contributed by atoms with van der Waals surface area (Å²) in [4.78, 5) is 27.9. The van der Waals surface area contributed by atoms with Crippen LogP contribution >= 0.6 is 35.1 Å². The number of carbonyl (C=O) groups excluding carboxylic acids is 1. The number of benzene rings is 3. The van der Waals surface area contributed by atoms with E-state index in [1.807, 2.05) is 29.4 Å². The molecule has 42 heavy (non-hydrogen) atoms. The van der Waals surface area contributed by atoms with Crippen LogP contribution in [0.2, 0.25) is 10.0 Å². The van der Waals surface area contributed by atoms with Crippen molar-refractivity contribution in [2.24, 2.45) is 0 Å². The topological polar surface area (TPSA) is 70.1 Å². The van der Waals surface area contributed by atoms with E-state index < -0.39 is 42.6 Å². The maximum Gasteiger partial charge on any atom is 0.306 e. The Morgan fingerprint density at radius 2 is 1.81 bits per heavy atom. The second-order valence-electron chi connectivity index (χ2n) is 11.1. The van der Waals surface area contributed by atoms with Crippen molar-refractivity contribution in [3.05, 3.63) is 99.8 Å². The van der Waals surface area contributed by atoms with E-state index in [-0.39, 0.29) is 10.6 Å². The molecule has 5 rings (SSSR count). The first-order chi connectivity index (χ1) is 20.1. The zero-order valence-corrected chi connectivity index (χ0v) is 25.7. The van der Waals surface area contributed by atoms with E-state index in [2.05, 4.69) is 6.92 Å². The van der Waals surface area contributed by atoms with Gasteiger partial charge in [0.2, 0.25) is 0 Å². The Hall–Kier alpha value is -2.78. The van der Waals surface area contributed by atoms with Crippen LogP contribution in [0.25, 0.3) is 0 Å². The van der Waals surface area contributed by atoms with E-state index in [4.69, 9.17) is 27.9 Å². The third-order valence-corrected chi connectivity index (χ3v) is 9.73. The van der Waals surface area contributed by atoms with Crippen molar-refractivity contribution >= 4 is 52.7 Å². The number of anilines is 1. The van der Waals surface area contributed by atoms with E-state index in [0.29, 0.717) is 28.7 Å². The van der Waals surface area contributed by atoms with Crippen molar-refractivity contribution in [3.63, 3.8) is 0 Å². The Kier molecular flexibility index (Phi) is 9.38. The molecule has 222 valence electrons. The lowest BCUT2D eigenvalue weighted by Gasteiger charge is -2.49. The molecule has 0 bridgehead atoms. The summed E-state index contributed by atoms with van der Waals surface area (Å²) in [6.07, 6.45) is 0.165. The minimum atomic E-state index is -1.21. The minimum Gasteiger partial charge on any atom is -0.481 e. The van der Waals surface area contributed by atoms with Crippen LogP contribution in [0.15, 0.2) is 72.8 Å². The summed E-state index contributed by atoms with van der Waals surface area (Å²) in [5.74, 6) is -1.90. The molecule has 4 unspecified atom stereocenters. The Bertz CT molecular complexity index is 1440. The summed E-state index contributed by atoms with van der Waals surface area (Å²) >= 11 is 14.2. The van der Waals surface area contributed by atoms with Crippen LogP contribution < -0.4 is 4.31 Å². The summed E-state index contributed by atoms with van der Waals surface area (Å²) in [5, 5.41) is 10.7. The van der Waals surface area contributed by atoms with Gasteiger partial charge in [-0.25, -0.2) is 4.39 Å². The predicted molar refractivity (Wildman–Crippen MR) is 165 cm³/mol. The Labute approximate surface area is 259 Å². The predicted octanol–water partition coefficient (Wildman–Crippen LogP) is 8.10. The second-order valence-corrected chi connectivity index (χ2v) is 13.5. The fourth-order valence-corrected chi connectivity index (χ4v) is 7.01. The summed E-state index contributed by atoms with van der Waals surface area (Å²) in [5.41, 5.74) is 1.95. The molecule has 10 heteroatoms. The monoisotopic (exact) mass is 630 g/mol. The standard InChI is InChI=1S/C32H33Cl2FN2O4S/c1-3-24(19-36(42-32(2)15-16-32)26-10-5-4-9-25(26)35)37-29(20-11-13-22(33)14-12-20)30(21-7-6-8-23(34)17-21)41-27(31(37)40)18-28(38)39/h4-14,17,24,27,29-30H,3,15-16,18-19H2,1-2H3,(H,38,39). The fourth-order valence-electron chi connectivity index (χ4n) is 5.38. The van der Waals surface area contributed by atoms with E-state index >= 15 is 4.39 Å². The van der Waals surface area contributed by atoms with Gasteiger partial charge in [-0.3, -0.25) is 9.59 Å². The SMILES string of the molecule is CCC(CN(SC1(C)CC1)c1ccccc1F)N1C(=O)C(CC(=O)O)OC(c2cccc(Cl)c2)C1c1ccc(Cl)cc1. The molecule has 6 nitrogen and oxygen atoms in total. The van der Waals surface area contributed by atoms with Crippen LogP contribution in [0.1, 0.15) is 62.8 Å². The van der Waals surface area contributed by atoms with Gasteiger partial charge >= 0.3 is 5.97 Å². The molecule has 1 saturated heterocycles. The third kappa shape index (κ3) is 6.88. The van der Waals surface area contributed by atoms with Crippen LogP contribution in [0.4, 0.5) is 10.1 Å². The number of para-hydroxylation sites is 1. The van der Waals surface area contributed by atoms with Crippen molar-refractivity contribution < 1.29 is 23.8 Å². The van der Waals surface area contributed by atoms with Crippen LogP contribution in [-0.2, 0) is 14.3 Å². The van der Waals surface area contributed by atoms with Crippen molar-refractivity contribution in [3.8, 4) is 0 Å². The molecule has 3 aromatic carbocycles. The molecule has 1 aliphatic carbocycles. The highest BCUT2D eigenvalue weighted by Crippen LogP contribution is 2.51. The maximum absolute atomic E-state index is 15.2. The van der Waals surface area contributed by atoms with Crippen LogP contribution in [0.3, 0.4) is 0 Å². The van der Waals surface area contributed by atoms with Crippen molar-refractivity contribution in [1.82, 2.24) is 4.90 Å². The molecule has 0 radical (unpaired) electrons. The molecule has 3 aromatic rings. The number of amides is 1. The van der Waals surface area contributed by atoms with E-state index in [1.54, 1.807) is 65.4 Å². The minimum absolute atomic E-state index is 0.0136. The quantitative estimate of drug-likeness (QED) is 0.216. The van der Waals surface area contributed by atoms with Gasteiger partial charge in [-0.15, -0.1) is 0 Å². The Morgan fingerprint density at radius 1 is 1.10 bits per heavy atom. The highest BCUT2D eigenvalue weighted by molar-refractivity contribution is 8.02. The van der Waals surface area contributed by atoms with Crippen molar-refractivity contribution in [2.75, 3.05) is 10.8 Å². The van der Waals surface area contributed by atoms with Crippen LogP contribution in [-0.4, -0.2) is 45.3 Å². The average Bonchev–Trinajstić information content (AvgIpc) is 3.69. The molecule has 0 spiro atoms. The second kappa shape index (κ2) is 12.8. The van der Waals surface area contributed by atoms with Gasteiger partial charge in [-0.1, -0.05) is 66.5 Å². The van der Waals surface area contributed by atoms with E-state index in [1.165, 1.54) is 6.07 Å². The lowest BCUT2D eigenvalue weighted by molar-refractivity contribution is -0.183. The molecule has 2 aliphatic rings. The number of rotatable bonds is 11. The molecule has 1 N–H and O–H groups in total. The van der Waals surface area contributed by atoms with Gasteiger partial charge in [0.25, 0.3) is 5.91 Å². The lowest BCUT2D eigenvalue weighted by Crippen LogP contribution is -2.57. The van der Waals surface area contributed by atoms with Gasteiger partial charge < -0.3 is 19.0 Å². The summed E-state index contributed by atoms with van der Waals surface area (Å²) in [6.45, 7) is 4.46. The third-order valence-electron chi connectivity index (χ3n) is 7.82. The number of nitrogens with zero attached hydrogens (tertiary/aromatic N) is 2.